The minimum absolute atomic E-state index is 0.355. The fourth-order valence-corrected chi connectivity index (χ4v) is 2.33. The van der Waals surface area contributed by atoms with Gasteiger partial charge in [0.1, 0.15) is 5.75 Å². The van der Waals surface area contributed by atoms with E-state index in [4.69, 9.17) is 22.1 Å². The van der Waals surface area contributed by atoms with Crippen molar-refractivity contribution >= 4 is 33.2 Å². The first kappa shape index (κ1) is 14.2. The maximum absolute atomic E-state index is 6.00. The van der Waals surface area contributed by atoms with Crippen molar-refractivity contribution in [2.24, 2.45) is 0 Å². The molecule has 2 aromatic carbocycles. The van der Waals surface area contributed by atoms with Gasteiger partial charge in [0.2, 0.25) is 0 Å². The Balaban J connectivity index is 2.41. The van der Waals surface area contributed by atoms with Gasteiger partial charge in [0, 0.05) is 4.47 Å². The molecule has 0 bridgehead atoms. The van der Waals surface area contributed by atoms with Crippen LogP contribution in [0.5, 0.6) is 11.5 Å². The first-order valence-corrected chi connectivity index (χ1v) is 7.17. The lowest BCUT2D eigenvalue weighted by Crippen LogP contribution is -1.97. The van der Waals surface area contributed by atoms with Crippen molar-refractivity contribution in [2.45, 2.75) is 19.8 Å². The van der Waals surface area contributed by atoms with Gasteiger partial charge in [-0.25, -0.2) is 0 Å². The fraction of sp³-hybridized carbons (Fsp3) is 0.200. The zero-order chi connectivity index (χ0) is 14.0. The van der Waals surface area contributed by atoms with Crippen LogP contribution in [-0.4, -0.2) is 0 Å². The van der Waals surface area contributed by atoms with Crippen LogP contribution < -0.4 is 10.5 Å². The monoisotopic (exact) mass is 339 g/mol. The van der Waals surface area contributed by atoms with Crippen LogP contribution in [0.3, 0.4) is 0 Å². The second kappa shape index (κ2) is 5.85. The molecule has 2 nitrogen and oxygen atoms in total. The van der Waals surface area contributed by atoms with Crippen molar-refractivity contribution in [3.63, 3.8) is 0 Å². The van der Waals surface area contributed by atoms with Gasteiger partial charge in [0.05, 0.1) is 10.7 Å². The van der Waals surface area contributed by atoms with Crippen molar-refractivity contribution in [1.29, 1.82) is 0 Å². The number of nitrogen functional groups attached to an aromatic ring is 1. The summed E-state index contributed by atoms with van der Waals surface area (Å²) in [6.07, 6.45) is 0. The zero-order valence-electron chi connectivity index (χ0n) is 10.8. The van der Waals surface area contributed by atoms with Crippen molar-refractivity contribution in [2.75, 3.05) is 5.73 Å². The van der Waals surface area contributed by atoms with Crippen LogP contribution >= 0.6 is 27.5 Å². The topological polar surface area (TPSA) is 35.2 Å². The van der Waals surface area contributed by atoms with Crippen molar-refractivity contribution in [3.05, 3.63) is 51.5 Å². The fourth-order valence-electron chi connectivity index (χ4n) is 1.79. The molecule has 0 atom stereocenters. The summed E-state index contributed by atoms with van der Waals surface area (Å²) in [5, 5.41) is 0.501. The largest absolute Gasteiger partial charge is 0.455 e. The van der Waals surface area contributed by atoms with Crippen LogP contribution in [-0.2, 0) is 0 Å². The normalized spacial score (nSPS) is 10.8. The summed E-state index contributed by atoms with van der Waals surface area (Å²) in [7, 11) is 0. The Labute approximate surface area is 126 Å². The third kappa shape index (κ3) is 3.23. The molecule has 100 valence electrons. The van der Waals surface area contributed by atoms with Gasteiger partial charge in [-0.2, -0.15) is 0 Å². The molecule has 4 heteroatoms. The van der Waals surface area contributed by atoms with E-state index >= 15 is 0 Å². The van der Waals surface area contributed by atoms with E-state index in [0.717, 1.165) is 15.8 Å². The number of halogens is 2. The third-order valence-corrected chi connectivity index (χ3v) is 3.65. The Kier molecular flexibility index (Phi) is 4.38. The number of hydrogen-bond donors (Lipinski definition) is 1. The molecule has 0 saturated heterocycles. The van der Waals surface area contributed by atoms with E-state index in [1.807, 2.05) is 24.3 Å². The third-order valence-electron chi connectivity index (χ3n) is 2.83. The first-order valence-electron chi connectivity index (χ1n) is 6.00. The Bertz CT molecular complexity index is 599. The molecule has 0 unspecified atom stereocenters. The van der Waals surface area contributed by atoms with Gasteiger partial charge in [-0.05, 0) is 41.8 Å². The van der Waals surface area contributed by atoms with E-state index in [1.165, 1.54) is 0 Å². The highest BCUT2D eigenvalue weighted by Gasteiger charge is 2.11. The maximum Gasteiger partial charge on any atom is 0.151 e. The molecule has 0 fully saturated rings. The summed E-state index contributed by atoms with van der Waals surface area (Å²) in [5.41, 5.74) is 7.50. The lowest BCUT2D eigenvalue weighted by Gasteiger charge is -2.15. The number of nitrogens with two attached hydrogens (primary N) is 1. The number of anilines is 1. The van der Waals surface area contributed by atoms with E-state index in [2.05, 4.69) is 35.8 Å². The van der Waals surface area contributed by atoms with Gasteiger partial charge < -0.3 is 10.5 Å². The van der Waals surface area contributed by atoms with Crippen molar-refractivity contribution in [3.8, 4) is 11.5 Å². The maximum atomic E-state index is 6.00. The lowest BCUT2D eigenvalue weighted by atomic mass is 10.0. The summed E-state index contributed by atoms with van der Waals surface area (Å²) in [6.45, 7) is 4.24. The molecule has 0 amide bonds. The molecular formula is C15H15BrClNO. The summed E-state index contributed by atoms with van der Waals surface area (Å²) in [5.74, 6) is 1.73. The average molecular weight is 341 g/mol. The van der Waals surface area contributed by atoms with Gasteiger partial charge in [0.25, 0.3) is 0 Å². The van der Waals surface area contributed by atoms with E-state index in [0.29, 0.717) is 22.4 Å². The molecule has 0 aliphatic heterocycles. The van der Waals surface area contributed by atoms with E-state index in [1.54, 1.807) is 6.07 Å². The van der Waals surface area contributed by atoms with Crippen LogP contribution in [0.4, 0.5) is 5.69 Å². The van der Waals surface area contributed by atoms with Crippen LogP contribution in [0.25, 0.3) is 0 Å². The summed E-state index contributed by atoms with van der Waals surface area (Å²) < 4.78 is 6.94. The standard InChI is InChI=1S/C15H15BrClNO/c1-9(2)11-8-10(16)6-7-13(11)19-14-5-3-4-12(17)15(14)18/h3-9H,18H2,1-2H3. The van der Waals surface area contributed by atoms with Crippen LogP contribution in [0, 0.1) is 0 Å². The molecular weight excluding hydrogens is 326 g/mol. The second-order valence-corrected chi connectivity index (χ2v) is 5.91. The molecule has 2 aromatic rings. The summed E-state index contributed by atoms with van der Waals surface area (Å²) >= 11 is 9.47. The molecule has 0 spiro atoms. The summed E-state index contributed by atoms with van der Waals surface area (Å²) in [6, 6.07) is 11.3. The van der Waals surface area contributed by atoms with Crippen molar-refractivity contribution in [1.82, 2.24) is 0 Å². The molecule has 0 aliphatic carbocycles. The number of benzene rings is 2. The van der Waals surface area contributed by atoms with Gasteiger partial charge in [-0.15, -0.1) is 0 Å². The molecule has 0 heterocycles. The van der Waals surface area contributed by atoms with E-state index in [9.17, 15) is 0 Å². The Morgan fingerprint density at radius 2 is 1.89 bits per heavy atom. The predicted molar refractivity (Wildman–Crippen MR) is 84.2 cm³/mol. The molecule has 19 heavy (non-hydrogen) atoms. The molecule has 2 N–H and O–H groups in total. The SMILES string of the molecule is CC(C)c1cc(Br)ccc1Oc1cccc(Cl)c1N. The minimum atomic E-state index is 0.355. The summed E-state index contributed by atoms with van der Waals surface area (Å²) in [4.78, 5) is 0. The average Bonchev–Trinajstić information content (AvgIpc) is 2.36. The molecule has 0 saturated carbocycles. The van der Waals surface area contributed by atoms with Gasteiger partial charge in [-0.3, -0.25) is 0 Å². The lowest BCUT2D eigenvalue weighted by molar-refractivity contribution is 0.475. The molecule has 0 aromatic heterocycles. The van der Waals surface area contributed by atoms with Gasteiger partial charge >= 0.3 is 0 Å². The zero-order valence-corrected chi connectivity index (χ0v) is 13.1. The Morgan fingerprint density at radius 1 is 1.16 bits per heavy atom. The van der Waals surface area contributed by atoms with Crippen LogP contribution in [0.15, 0.2) is 40.9 Å². The highest BCUT2D eigenvalue weighted by molar-refractivity contribution is 9.10. The highest BCUT2D eigenvalue weighted by Crippen LogP contribution is 2.37. The smallest absolute Gasteiger partial charge is 0.151 e. The van der Waals surface area contributed by atoms with E-state index in [-0.39, 0.29) is 0 Å². The Hall–Kier alpha value is -1.19. The quantitative estimate of drug-likeness (QED) is 0.738. The van der Waals surface area contributed by atoms with Crippen molar-refractivity contribution < 1.29 is 4.74 Å². The van der Waals surface area contributed by atoms with Gasteiger partial charge in [0.15, 0.2) is 5.75 Å². The predicted octanol–water partition coefficient (Wildman–Crippen LogP) is 5.60. The second-order valence-electron chi connectivity index (χ2n) is 4.59. The molecule has 2 rings (SSSR count). The number of para-hydroxylation sites is 1. The number of hydrogen-bond acceptors (Lipinski definition) is 2. The van der Waals surface area contributed by atoms with Crippen LogP contribution in [0.2, 0.25) is 5.02 Å². The molecule has 0 radical (unpaired) electrons. The number of rotatable bonds is 3. The van der Waals surface area contributed by atoms with Gasteiger partial charge in [-0.1, -0.05) is 47.4 Å². The minimum Gasteiger partial charge on any atom is -0.455 e. The Morgan fingerprint density at radius 3 is 2.58 bits per heavy atom. The first-order chi connectivity index (χ1) is 8.99. The van der Waals surface area contributed by atoms with Crippen LogP contribution in [0.1, 0.15) is 25.3 Å². The number of ether oxygens (including phenoxy) is 1. The highest BCUT2D eigenvalue weighted by atomic mass is 79.9. The molecule has 0 aliphatic rings. The van der Waals surface area contributed by atoms with E-state index < -0.39 is 0 Å².